The van der Waals surface area contributed by atoms with Crippen molar-refractivity contribution in [3.63, 3.8) is 0 Å². The Balaban J connectivity index is 2.06. The van der Waals surface area contributed by atoms with Gasteiger partial charge >= 0.3 is 11.9 Å². The van der Waals surface area contributed by atoms with Gasteiger partial charge in [0.1, 0.15) is 6.10 Å². The molecule has 7 heteroatoms. The van der Waals surface area contributed by atoms with E-state index in [1.54, 1.807) is 0 Å². The number of esters is 2. The maximum atomic E-state index is 11.9. The van der Waals surface area contributed by atoms with Crippen molar-refractivity contribution in [2.75, 3.05) is 6.61 Å². The molecule has 3 N–H and O–H groups in total. The Morgan fingerprint density at radius 3 is 1.93 bits per heavy atom. The third-order valence-corrected chi connectivity index (χ3v) is 5.16. The molecule has 0 aliphatic carbocycles. The molecule has 1 aliphatic heterocycles. The number of hydrogen-bond acceptors (Lipinski definition) is 7. The van der Waals surface area contributed by atoms with Crippen molar-refractivity contribution in [1.82, 2.24) is 0 Å². The van der Waals surface area contributed by atoms with Crippen molar-refractivity contribution in [2.24, 2.45) is 0 Å². The third-order valence-electron chi connectivity index (χ3n) is 5.16. The third kappa shape index (κ3) is 10.1. The fourth-order valence-electron chi connectivity index (χ4n) is 3.38. The molecule has 0 aromatic rings. The summed E-state index contributed by atoms with van der Waals surface area (Å²) < 4.78 is 9.72. The van der Waals surface area contributed by atoms with Crippen molar-refractivity contribution in [1.29, 1.82) is 0 Å². The van der Waals surface area contributed by atoms with Crippen molar-refractivity contribution in [2.45, 2.75) is 109 Å². The highest BCUT2D eigenvalue weighted by atomic mass is 16.6. The first-order valence-corrected chi connectivity index (χ1v) is 11.1. The zero-order chi connectivity index (χ0) is 21.5. The number of carbonyl (C=O) groups excluding carboxylic acids is 2. The number of ether oxygens (including phenoxy) is 2. The second-order valence-corrected chi connectivity index (χ2v) is 7.76. The first kappa shape index (κ1) is 25.4. The molecule has 0 spiro atoms. The van der Waals surface area contributed by atoms with E-state index in [0.29, 0.717) is 6.42 Å². The summed E-state index contributed by atoms with van der Waals surface area (Å²) in [5.74, 6) is -2.92. The molecular weight excluding hydrogens is 376 g/mol. The molecular formula is C22H38O7. The van der Waals surface area contributed by atoms with Gasteiger partial charge in [0.05, 0.1) is 6.61 Å². The van der Waals surface area contributed by atoms with Gasteiger partial charge in [0, 0.05) is 6.42 Å². The summed E-state index contributed by atoms with van der Waals surface area (Å²) in [7, 11) is 0. The molecule has 0 aromatic carbocycles. The highest BCUT2D eigenvalue weighted by molar-refractivity contribution is 5.90. The Labute approximate surface area is 174 Å². The minimum atomic E-state index is -1.46. The summed E-state index contributed by atoms with van der Waals surface area (Å²) in [6.07, 6.45) is 13.0. The molecule has 0 fully saturated rings. The van der Waals surface area contributed by atoms with Gasteiger partial charge in [0.2, 0.25) is 11.5 Å². The smallest absolute Gasteiger partial charge is 0.378 e. The molecule has 168 valence electrons. The fourth-order valence-corrected chi connectivity index (χ4v) is 3.38. The Morgan fingerprint density at radius 1 is 0.966 bits per heavy atom. The molecule has 1 aliphatic rings. The summed E-state index contributed by atoms with van der Waals surface area (Å²) in [6.45, 7) is 1.54. The summed E-state index contributed by atoms with van der Waals surface area (Å²) in [6, 6.07) is 0. The van der Waals surface area contributed by atoms with Gasteiger partial charge in [-0.2, -0.15) is 0 Å². The lowest BCUT2D eigenvalue weighted by molar-refractivity contribution is -0.151. The van der Waals surface area contributed by atoms with Crippen molar-refractivity contribution < 1.29 is 34.4 Å². The Morgan fingerprint density at radius 2 is 1.45 bits per heavy atom. The van der Waals surface area contributed by atoms with Gasteiger partial charge in [-0.25, -0.2) is 4.79 Å². The predicted octanol–water partition coefficient (Wildman–Crippen LogP) is 4.06. The van der Waals surface area contributed by atoms with Crippen LogP contribution in [0.2, 0.25) is 0 Å². The van der Waals surface area contributed by atoms with E-state index in [1.807, 2.05) is 0 Å². The van der Waals surface area contributed by atoms with Crippen LogP contribution in [0.5, 0.6) is 0 Å². The van der Waals surface area contributed by atoms with E-state index in [1.165, 1.54) is 57.8 Å². The summed E-state index contributed by atoms with van der Waals surface area (Å²) in [4.78, 5) is 23.3. The van der Waals surface area contributed by atoms with Gasteiger partial charge < -0.3 is 24.8 Å². The van der Waals surface area contributed by atoms with E-state index in [9.17, 15) is 19.8 Å². The van der Waals surface area contributed by atoms with Gasteiger partial charge in [-0.1, -0.05) is 84.0 Å². The molecule has 29 heavy (non-hydrogen) atoms. The molecule has 0 saturated carbocycles. The zero-order valence-corrected chi connectivity index (χ0v) is 17.7. The number of unbranched alkanes of at least 4 members (excludes halogenated alkanes) is 12. The van der Waals surface area contributed by atoms with E-state index in [4.69, 9.17) is 14.6 Å². The van der Waals surface area contributed by atoms with Crippen LogP contribution >= 0.6 is 0 Å². The largest absolute Gasteiger partial charge is 0.499 e. The lowest BCUT2D eigenvalue weighted by atomic mass is 10.0. The average Bonchev–Trinajstić information content (AvgIpc) is 2.99. The van der Waals surface area contributed by atoms with Gasteiger partial charge in [-0.15, -0.1) is 0 Å². The molecule has 1 heterocycles. The van der Waals surface area contributed by atoms with Gasteiger partial charge in [0.15, 0.2) is 6.10 Å². The number of rotatable bonds is 17. The fraction of sp³-hybridized carbons (Fsp3) is 0.818. The number of carbonyl (C=O) groups is 2. The van der Waals surface area contributed by atoms with Gasteiger partial charge in [0.25, 0.3) is 0 Å². The minimum absolute atomic E-state index is 0.157. The SMILES string of the molecule is CCCCCCCCCCCCCCCC(=O)OC1=C(O)C(=O)O[C@H]1[C@H](O)CO. The maximum Gasteiger partial charge on any atom is 0.378 e. The van der Waals surface area contributed by atoms with Crippen LogP contribution in [-0.4, -0.2) is 46.1 Å². The van der Waals surface area contributed by atoms with Crippen LogP contribution in [-0.2, 0) is 19.1 Å². The monoisotopic (exact) mass is 414 g/mol. The number of hydrogen-bond donors (Lipinski definition) is 3. The molecule has 0 aromatic heterocycles. The van der Waals surface area contributed by atoms with Crippen LogP contribution in [0.15, 0.2) is 11.5 Å². The summed E-state index contributed by atoms with van der Waals surface area (Å²) in [5, 5.41) is 28.2. The van der Waals surface area contributed by atoms with Gasteiger partial charge in [-0.05, 0) is 6.42 Å². The van der Waals surface area contributed by atoms with E-state index in [0.717, 1.165) is 19.3 Å². The van der Waals surface area contributed by atoms with E-state index < -0.39 is 42.3 Å². The molecule has 0 unspecified atom stereocenters. The number of aliphatic hydroxyl groups is 3. The average molecular weight is 415 g/mol. The van der Waals surface area contributed by atoms with Crippen LogP contribution < -0.4 is 0 Å². The predicted molar refractivity (Wildman–Crippen MR) is 109 cm³/mol. The molecule has 0 saturated heterocycles. The summed E-state index contributed by atoms with van der Waals surface area (Å²) >= 11 is 0. The number of cyclic esters (lactones) is 1. The van der Waals surface area contributed by atoms with Crippen LogP contribution in [0.25, 0.3) is 0 Å². The van der Waals surface area contributed by atoms with Crippen LogP contribution in [0.4, 0.5) is 0 Å². The standard InChI is InChI=1S/C22H38O7/c1-2-3-4-5-6-7-8-9-10-11-12-13-14-15-18(25)28-21-19(26)22(27)29-20(21)17(24)16-23/h17,20,23-24,26H,2-16H2,1H3/t17-,20+/m1/s1. The normalized spacial score (nSPS) is 17.5. The molecule has 0 amide bonds. The topological polar surface area (TPSA) is 113 Å². The van der Waals surface area contributed by atoms with Crippen LogP contribution in [0.3, 0.4) is 0 Å². The quantitative estimate of drug-likeness (QED) is 0.243. The second-order valence-electron chi connectivity index (χ2n) is 7.76. The Kier molecular flexibility index (Phi) is 13.4. The Bertz CT molecular complexity index is 515. The van der Waals surface area contributed by atoms with E-state index >= 15 is 0 Å². The highest BCUT2D eigenvalue weighted by Gasteiger charge is 2.41. The zero-order valence-electron chi connectivity index (χ0n) is 17.7. The molecule has 1 rings (SSSR count). The number of aliphatic hydroxyl groups excluding tert-OH is 3. The molecule has 2 atom stereocenters. The molecule has 7 nitrogen and oxygen atoms in total. The molecule has 0 radical (unpaired) electrons. The first-order chi connectivity index (χ1) is 14.0. The first-order valence-electron chi connectivity index (χ1n) is 11.1. The van der Waals surface area contributed by atoms with Gasteiger partial charge in [-0.3, -0.25) is 4.79 Å². The lowest BCUT2D eigenvalue weighted by Gasteiger charge is -2.17. The van der Waals surface area contributed by atoms with Crippen LogP contribution in [0.1, 0.15) is 96.8 Å². The second kappa shape index (κ2) is 15.3. The summed E-state index contributed by atoms with van der Waals surface area (Å²) in [5.41, 5.74) is 0. The van der Waals surface area contributed by atoms with Crippen LogP contribution in [0, 0.1) is 0 Å². The minimum Gasteiger partial charge on any atom is -0.499 e. The lowest BCUT2D eigenvalue weighted by Crippen LogP contribution is -2.33. The van der Waals surface area contributed by atoms with E-state index in [-0.39, 0.29) is 6.42 Å². The Hall–Kier alpha value is -1.60. The van der Waals surface area contributed by atoms with Crippen molar-refractivity contribution in [3.05, 3.63) is 11.5 Å². The van der Waals surface area contributed by atoms with Crippen molar-refractivity contribution >= 4 is 11.9 Å². The molecule has 0 bridgehead atoms. The highest BCUT2D eigenvalue weighted by Crippen LogP contribution is 2.25. The van der Waals surface area contributed by atoms with Crippen molar-refractivity contribution in [3.8, 4) is 0 Å². The maximum absolute atomic E-state index is 11.9. The van der Waals surface area contributed by atoms with E-state index in [2.05, 4.69) is 6.92 Å².